The van der Waals surface area contributed by atoms with E-state index in [-0.39, 0.29) is 10.8 Å². The largest absolute Gasteiger partial charge is 0.309 e. The van der Waals surface area contributed by atoms with Crippen molar-refractivity contribution >= 4 is 107 Å². The summed E-state index contributed by atoms with van der Waals surface area (Å²) in [6, 6.07) is 133. The molecule has 16 aromatic carbocycles. The lowest BCUT2D eigenvalue weighted by Crippen LogP contribution is -2.15. The predicted octanol–water partition coefficient (Wildman–Crippen LogP) is 29.2. The van der Waals surface area contributed by atoms with Gasteiger partial charge in [-0.1, -0.05) is 307 Å². The maximum absolute atomic E-state index is 5.20. The minimum Gasteiger partial charge on any atom is -0.309 e. The number of fused-ring (bicyclic) bond motifs is 18. The van der Waals surface area contributed by atoms with Gasteiger partial charge in [0.2, 0.25) is 0 Å². The fraction of sp³-hybridized carbons (Fsp3) is 0.0550. The lowest BCUT2D eigenvalue weighted by molar-refractivity contribution is 0.661. The molecular weight excluding hydrogens is 1470 g/mol. The molecule has 6 aromatic heterocycles. The van der Waals surface area contributed by atoms with Crippen LogP contribution in [0.15, 0.2) is 370 Å². The number of benzene rings is 16. The van der Waals surface area contributed by atoms with Crippen molar-refractivity contribution in [2.75, 3.05) is 0 Å². The minimum absolute atomic E-state index is 0.110. The van der Waals surface area contributed by atoms with Crippen molar-refractivity contribution in [2.45, 2.75) is 38.5 Å². The summed E-state index contributed by atoms with van der Waals surface area (Å²) in [5.74, 6) is 2.65. The molecular formula is C109H73N7S2. The summed E-state index contributed by atoms with van der Waals surface area (Å²) in [5, 5.41) is 10.1. The Kier molecular flexibility index (Phi) is 15.9. The Morgan fingerprint density at radius 2 is 0.551 bits per heavy atom. The zero-order valence-corrected chi connectivity index (χ0v) is 66.8. The summed E-state index contributed by atoms with van der Waals surface area (Å²) < 4.78 is 10.1. The average molecular weight is 1540 g/mol. The molecule has 0 spiro atoms. The zero-order valence-electron chi connectivity index (χ0n) is 65.2. The van der Waals surface area contributed by atoms with Crippen LogP contribution in [-0.2, 0) is 10.8 Å². The molecule has 556 valence electrons. The summed E-state index contributed by atoms with van der Waals surface area (Å²) in [4.78, 5) is 25.5. The first-order valence-corrected chi connectivity index (χ1v) is 42.0. The van der Waals surface area contributed by atoms with Crippen LogP contribution >= 0.6 is 22.7 Å². The van der Waals surface area contributed by atoms with Gasteiger partial charge in [0.05, 0.1) is 33.5 Å². The first-order valence-electron chi connectivity index (χ1n) is 40.3. The Labute approximate surface area is 690 Å². The summed E-state index contributed by atoms with van der Waals surface area (Å²) in [7, 11) is 0. The van der Waals surface area contributed by atoms with E-state index in [9.17, 15) is 0 Å². The van der Waals surface area contributed by atoms with Gasteiger partial charge in [-0.2, -0.15) is 0 Å². The predicted molar refractivity (Wildman–Crippen MR) is 495 cm³/mol. The van der Waals surface area contributed by atoms with Crippen LogP contribution in [0.4, 0.5) is 0 Å². The molecule has 0 unspecified atom stereocenters. The zero-order chi connectivity index (χ0) is 78.5. The van der Waals surface area contributed by atoms with Crippen LogP contribution in [0.2, 0.25) is 0 Å². The highest BCUT2D eigenvalue weighted by Crippen LogP contribution is 2.55. The van der Waals surface area contributed by atoms with Crippen LogP contribution < -0.4 is 0 Å². The first kappa shape index (κ1) is 69.2. The van der Waals surface area contributed by atoms with E-state index in [2.05, 4.69) is 358 Å². The average Bonchev–Trinajstić information content (AvgIpc) is 1.55. The topological polar surface area (TPSA) is 74.3 Å². The number of para-hydroxylation sites is 2. The lowest BCUT2D eigenvalue weighted by Gasteiger charge is -2.21. The van der Waals surface area contributed by atoms with Gasteiger partial charge in [0.25, 0.3) is 0 Å². The lowest BCUT2D eigenvalue weighted by atomic mass is 9.82. The molecule has 0 radical (unpaired) electrons. The van der Waals surface area contributed by atoms with Crippen molar-refractivity contribution in [3.63, 3.8) is 0 Å². The molecule has 9 heteroatoms. The van der Waals surface area contributed by atoms with Crippen LogP contribution in [0.1, 0.15) is 49.9 Å². The third kappa shape index (κ3) is 11.2. The monoisotopic (exact) mass is 1540 g/mol. The van der Waals surface area contributed by atoms with Gasteiger partial charge < -0.3 is 9.13 Å². The normalized spacial score (nSPS) is 13.1. The molecule has 0 amide bonds. The van der Waals surface area contributed by atoms with Crippen LogP contribution in [-0.4, -0.2) is 34.1 Å². The van der Waals surface area contributed by atoms with Crippen LogP contribution in [0, 0.1) is 0 Å². The van der Waals surface area contributed by atoms with Crippen molar-refractivity contribution in [2.24, 2.45) is 0 Å². The van der Waals surface area contributed by atoms with Gasteiger partial charge in [-0.25, -0.2) is 24.9 Å². The van der Waals surface area contributed by atoms with Crippen LogP contribution in [0.5, 0.6) is 0 Å². The molecule has 0 N–H and O–H groups in total. The highest BCUT2D eigenvalue weighted by Gasteiger charge is 2.38. The van der Waals surface area contributed by atoms with Crippen molar-refractivity contribution < 1.29 is 0 Å². The fourth-order valence-electron chi connectivity index (χ4n) is 18.9. The van der Waals surface area contributed by atoms with E-state index >= 15 is 0 Å². The van der Waals surface area contributed by atoms with Crippen molar-refractivity contribution in [3.8, 4) is 124 Å². The minimum atomic E-state index is -0.115. The smallest absolute Gasteiger partial charge is 0.164 e. The van der Waals surface area contributed by atoms with E-state index in [0.717, 1.165) is 67.3 Å². The molecule has 0 bridgehead atoms. The summed E-state index contributed by atoms with van der Waals surface area (Å²) in [5.41, 5.74) is 30.2. The fourth-order valence-corrected chi connectivity index (χ4v) is 21.3. The Hall–Kier alpha value is -14.4. The van der Waals surface area contributed by atoms with Gasteiger partial charge in [-0.15, -0.1) is 22.7 Å². The van der Waals surface area contributed by atoms with Crippen molar-refractivity contribution in [1.82, 2.24) is 34.1 Å². The van der Waals surface area contributed by atoms with E-state index in [1.54, 1.807) is 0 Å². The Bertz CT molecular complexity index is 7280. The number of aromatic nitrogens is 7. The standard InChI is InChI=1S/C55H37N3S.C54H36N4S/c1-55(2)46-25-12-9-22-39(46)43-31-44-40-23-10-13-26-50(40)58(51(44)32-47(43)55)38-29-42(53-45(30-38)41-24-11-14-27-52(41)59-53)36-20-15-21-37(28-36)54-56-48(34-16-5-3-6-17-34)33-49(57-54)35-18-7-4-8-19-35;1-54(2)45-25-12-9-22-38(45)42-31-43-39-23-10-13-26-47(39)58(48(43)32-46(42)54)37-29-41(50-44(30-37)40-24-11-14-27-49(40)59-50)35-20-15-21-36(28-35)53-56-51(33-16-5-3-6-17-33)55-52(57-53)34-18-7-4-8-19-34/h3-33H,1-2H3;3-32H,1-2H3. The molecule has 0 saturated carbocycles. The SMILES string of the molecule is CC1(C)c2ccccc2-c2cc3c4ccccc4n(-c4cc(-c5cccc(-c6nc(-c7ccccc7)cc(-c7ccccc7)n6)c5)c5sc6ccccc6c5c4)c3cc21.CC1(C)c2ccccc2-c2cc3c4ccccc4n(-c4cc(-c5cccc(-c6nc(-c7ccccc7)nc(-c7ccccc7)n6)c5)c5sc6ccccc6c5c4)c3cc21. The highest BCUT2D eigenvalue weighted by atomic mass is 32.1. The summed E-state index contributed by atoms with van der Waals surface area (Å²) in [6.45, 7) is 9.47. The molecule has 2 aliphatic rings. The number of thiophene rings is 2. The first-order chi connectivity index (χ1) is 58.0. The van der Waals surface area contributed by atoms with Gasteiger partial charge in [-0.05, 0) is 147 Å². The molecule has 0 aliphatic heterocycles. The van der Waals surface area contributed by atoms with E-state index in [1.807, 2.05) is 71.2 Å². The number of nitrogens with zero attached hydrogens (tertiary/aromatic N) is 7. The van der Waals surface area contributed by atoms with Gasteiger partial charge in [0.15, 0.2) is 23.3 Å². The molecule has 22 aromatic rings. The van der Waals surface area contributed by atoms with E-state index in [1.165, 1.54) is 140 Å². The molecule has 0 saturated heterocycles. The quantitative estimate of drug-likeness (QED) is 0.136. The third-order valence-corrected chi connectivity index (χ3v) is 27.1. The molecule has 7 nitrogen and oxygen atoms in total. The molecule has 24 rings (SSSR count). The van der Waals surface area contributed by atoms with Gasteiger partial charge in [0, 0.05) is 129 Å². The Morgan fingerprint density at radius 3 is 0.983 bits per heavy atom. The van der Waals surface area contributed by atoms with Gasteiger partial charge in [-0.3, -0.25) is 0 Å². The maximum Gasteiger partial charge on any atom is 0.164 e. The van der Waals surface area contributed by atoms with Crippen molar-refractivity contribution in [3.05, 3.63) is 392 Å². The van der Waals surface area contributed by atoms with Crippen LogP contribution in [0.3, 0.4) is 0 Å². The van der Waals surface area contributed by atoms with Gasteiger partial charge >= 0.3 is 0 Å². The van der Waals surface area contributed by atoms with Gasteiger partial charge in [0.1, 0.15) is 0 Å². The molecule has 6 heterocycles. The second-order valence-electron chi connectivity index (χ2n) is 32.2. The number of hydrogen-bond acceptors (Lipinski definition) is 7. The Morgan fingerprint density at radius 1 is 0.212 bits per heavy atom. The van der Waals surface area contributed by atoms with E-state index in [0.29, 0.717) is 23.3 Å². The molecule has 2 aliphatic carbocycles. The second-order valence-corrected chi connectivity index (χ2v) is 34.3. The highest BCUT2D eigenvalue weighted by molar-refractivity contribution is 7.26. The number of rotatable bonds is 10. The molecule has 0 fully saturated rings. The van der Waals surface area contributed by atoms with E-state index in [4.69, 9.17) is 24.9 Å². The summed E-state index contributed by atoms with van der Waals surface area (Å²) >= 11 is 3.72. The second kappa shape index (κ2) is 27.2. The molecule has 118 heavy (non-hydrogen) atoms. The summed E-state index contributed by atoms with van der Waals surface area (Å²) in [6.07, 6.45) is 0. The third-order valence-electron chi connectivity index (χ3n) is 24.6. The van der Waals surface area contributed by atoms with Crippen molar-refractivity contribution in [1.29, 1.82) is 0 Å². The Balaban J connectivity index is 0.000000138. The number of hydrogen-bond donors (Lipinski definition) is 0. The van der Waals surface area contributed by atoms with Crippen LogP contribution in [0.25, 0.3) is 208 Å². The van der Waals surface area contributed by atoms with E-state index < -0.39 is 0 Å². The maximum atomic E-state index is 5.20. The molecule has 0 atom stereocenters.